The monoisotopic (exact) mass is 385 g/mol. The normalized spacial score (nSPS) is 12.5. The van der Waals surface area contributed by atoms with E-state index in [-0.39, 0.29) is 16.8 Å². The highest BCUT2D eigenvalue weighted by Crippen LogP contribution is 2.27. The second-order valence-corrected chi connectivity index (χ2v) is 9.12. The quantitative estimate of drug-likeness (QED) is 0.723. The minimum Gasteiger partial charge on any atom is -0.340 e. The molecule has 0 aliphatic rings. The Kier molecular flexibility index (Phi) is 5.25. The molecule has 0 unspecified atom stereocenters. The number of carbonyl (C=O) groups is 1. The lowest BCUT2D eigenvalue weighted by Crippen LogP contribution is -2.28. The van der Waals surface area contributed by atoms with Crippen LogP contribution in [0, 0.1) is 6.92 Å². The van der Waals surface area contributed by atoms with Crippen LogP contribution in [-0.2, 0) is 9.84 Å². The zero-order valence-electron chi connectivity index (χ0n) is 14.5. The molecule has 2 aromatic carbocycles. The van der Waals surface area contributed by atoms with E-state index in [9.17, 15) is 13.2 Å². The van der Waals surface area contributed by atoms with E-state index >= 15 is 0 Å². The SMILES string of the molecule is Cc1ccc([C@@H](NC(=O)c2ccc(S(C)(=O)=O)cc2)c2cccs2)cc1. The van der Waals surface area contributed by atoms with Gasteiger partial charge in [-0.25, -0.2) is 8.42 Å². The molecule has 134 valence electrons. The summed E-state index contributed by atoms with van der Waals surface area (Å²) in [7, 11) is -3.28. The maximum absolute atomic E-state index is 12.7. The van der Waals surface area contributed by atoms with Gasteiger partial charge in [0.15, 0.2) is 9.84 Å². The third-order valence-electron chi connectivity index (χ3n) is 4.06. The van der Waals surface area contributed by atoms with Crippen LogP contribution in [-0.4, -0.2) is 20.6 Å². The maximum Gasteiger partial charge on any atom is 0.252 e. The van der Waals surface area contributed by atoms with Crippen LogP contribution < -0.4 is 5.32 Å². The summed E-state index contributed by atoms with van der Waals surface area (Å²) in [6, 6.07) is 17.7. The average molecular weight is 386 g/mol. The molecular formula is C20H19NO3S2. The Hall–Kier alpha value is -2.44. The summed E-state index contributed by atoms with van der Waals surface area (Å²) in [5.74, 6) is -0.246. The van der Waals surface area contributed by atoms with E-state index in [1.54, 1.807) is 11.3 Å². The lowest BCUT2D eigenvalue weighted by atomic mass is 10.0. The standard InChI is InChI=1S/C20H19NO3S2/c1-14-5-7-15(8-6-14)19(18-4-3-13-25-18)21-20(22)16-9-11-17(12-10-16)26(2,23)24/h3-13,19H,1-2H3,(H,21,22)/t19-/m1/s1. The smallest absolute Gasteiger partial charge is 0.252 e. The molecular weight excluding hydrogens is 366 g/mol. The number of sulfone groups is 1. The molecule has 1 N–H and O–H groups in total. The summed E-state index contributed by atoms with van der Waals surface area (Å²) >= 11 is 1.58. The Labute approximate surface area is 157 Å². The number of thiophene rings is 1. The molecule has 0 saturated carbocycles. The Balaban J connectivity index is 1.87. The van der Waals surface area contributed by atoms with Crippen molar-refractivity contribution in [2.75, 3.05) is 6.26 Å². The molecule has 0 aliphatic heterocycles. The summed E-state index contributed by atoms with van der Waals surface area (Å²) in [6.45, 7) is 2.02. The van der Waals surface area contributed by atoms with E-state index in [0.717, 1.165) is 22.3 Å². The molecule has 26 heavy (non-hydrogen) atoms. The molecule has 0 saturated heterocycles. The van der Waals surface area contributed by atoms with E-state index in [1.165, 1.54) is 24.3 Å². The second kappa shape index (κ2) is 7.43. The Morgan fingerprint density at radius 3 is 2.19 bits per heavy atom. The van der Waals surface area contributed by atoms with Crippen molar-refractivity contribution in [3.8, 4) is 0 Å². The molecule has 3 rings (SSSR count). The van der Waals surface area contributed by atoms with Crippen LogP contribution in [0.4, 0.5) is 0 Å². The van der Waals surface area contributed by atoms with Gasteiger partial charge in [0, 0.05) is 16.7 Å². The van der Waals surface area contributed by atoms with E-state index in [4.69, 9.17) is 0 Å². The van der Waals surface area contributed by atoms with Crippen molar-refractivity contribution in [2.45, 2.75) is 17.9 Å². The van der Waals surface area contributed by atoms with Gasteiger partial charge in [0.1, 0.15) is 0 Å². The number of amides is 1. The first-order valence-electron chi connectivity index (χ1n) is 8.05. The highest BCUT2D eigenvalue weighted by atomic mass is 32.2. The molecule has 0 aliphatic carbocycles. The molecule has 0 radical (unpaired) electrons. The first kappa shape index (κ1) is 18.4. The summed E-state index contributed by atoms with van der Waals surface area (Å²) in [5.41, 5.74) is 2.58. The van der Waals surface area contributed by atoms with Gasteiger partial charge in [0.2, 0.25) is 0 Å². The molecule has 1 amide bonds. The van der Waals surface area contributed by atoms with Crippen molar-refractivity contribution < 1.29 is 13.2 Å². The molecule has 1 heterocycles. The van der Waals surface area contributed by atoms with Crippen LogP contribution in [0.15, 0.2) is 70.9 Å². The molecule has 6 heteroatoms. The fourth-order valence-corrected chi connectivity index (χ4v) is 4.03. The van der Waals surface area contributed by atoms with Crippen LogP contribution in [0.25, 0.3) is 0 Å². The van der Waals surface area contributed by atoms with Gasteiger partial charge in [-0.3, -0.25) is 4.79 Å². The molecule has 3 aromatic rings. The molecule has 1 aromatic heterocycles. The number of carbonyl (C=O) groups excluding carboxylic acids is 1. The maximum atomic E-state index is 12.7. The van der Waals surface area contributed by atoms with Crippen LogP contribution in [0.5, 0.6) is 0 Å². The first-order chi connectivity index (χ1) is 12.3. The van der Waals surface area contributed by atoms with E-state index in [2.05, 4.69) is 5.32 Å². The van der Waals surface area contributed by atoms with Crippen LogP contribution in [0.1, 0.15) is 32.4 Å². The predicted octanol–water partition coefficient (Wildman–Crippen LogP) is 3.98. The highest BCUT2D eigenvalue weighted by molar-refractivity contribution is 7.90. The van der Waals surface area contributed by atoms with Gasteiger partial charge in [-0.05, 0) is 48.2 Å². The molecule has 0 fully saturated rings. The summed E-state index contributed by atoms with van der Waals surface area (Å²) in [5, 5.41) is 5.03. The first-order valence-corrected chi connectivity index (χ1v) is 10.8. The third-order valence-corrected chi connectivity index (χ3v) is 6.12. The minimum absolute atomic E-state index is 0.197. The van der Waals surface area contributed by atoms with Gasteiger partial charge in [-0.15, -0.1) is 11.3 Å². The molecule has 0 spiro atoms. The van der Waals surface area contributed by atoms with Gasteiger partial charge in [-0.1, -0.05) is 35.9 Å². The van der Waals surface area contributed by atoms with Gasteiger partial charge in [0.25, 0.3) is 5.91 Å². The highest BCUT2D eigenvalue weighted by Gasteiger charge is 2.19. The van der Waals surface area contributed by atoms with Crippen molar-refractivity contribution in [3.05, 3.63) is 87.6 Å². The van der Waals surface area contributed by atoms with Gasteiger partial charge < -0.3 is 5.32 Å². The van der Waals surface area contributed by atoms with E-state index in [1.807, 2.05) is 48.7 Å². The van der Waals surface area contributed by atoms with Crippen molar-refractivity contribution in [3.63, 3.8) is 0 Å². The number of hydrogen-bond donors (Lipinski definition) is 1. The fraction of sp³-hybridized carbons (Fsp3) is 0.150. The second-order valence-electron chi connectivity index (χ2n) is 6.13. The van der Waals surface area contributed by atoms with Crippen molar-refractivity contribution in [1.82, 2.24) is 5.32 Å². The zero-order valence-corrected chi connectivity index (χ0v) is 16.1. The lowest BCUT2D eigenvalue weighted by molar-refractivity contribution is 0.0943. The average Bonchev–Trinajstić information content (AvgIpc) is 3.14. The van der Waals surface area contributed by atoms with Crippen LogP contribution in [0.3, 0.4) is 0 Å². The number of benzene rings is 2. The van der Waals surface area contributed by atoms with Crippen molar-refractivity contribution in [2.24, 2.45) is 0 Å². The van der Waals surface area contributed by atoms with Crippen LogP contribution >= 0.6 is 11.3 Å². The predicted molar refractivity (Wildman–Crippen MR) is 104 cm³/mol. The van der Waals surface area contributed by atoms with Crippen LogP contribution in [0.2, 0.25) is 0 Å². The van der Waals surface area contributed by atoms with Gasteiger partial charge in [-0.2, -0.15) is 0 Å². The van der Waals surface area contributed by atoms with E-state index < -0.39 is 9.84 Å². The van der Waals surface area contributed by atoms with E-state index in [0.29, 0.717) is 5.56 Å². The third kappa shape index (κ3) is 4.20. The molecule has 0 bridgehead atoms. The Bertz CT molecular complexity index is 990. The number of nitrogens with one attached hydrogen (secondary N) is 1. The minimum atomic E-state index is -3.28. The largest absolute Gasteiger partial charge is 0.340 e. The fourth-order valence-electron chi connectivity index (χ4n) is 2.60. The van der Waals surface area contributed by atoms with Crippen molar-refractivity contribution in [1.29, 1.82) is 0 Å². The Morgan fingerprint density at radius 1 is 1.00 bits per heavy atom. The van der Waals surface area contributed by atoms with Gasteiger partial charge >= 0.3 is 0 Å². The van der Waals surface area contributed by atoms with Crippen molar-refractivity contribution >= 4 is 27.1 Å². The zero-order chi connectivity index (χ0) is 18.7. The topological polar surface area (TPSA) is 63.2 Å². The lowest BCUT2D eigenvalue weighted by Gasteiger charge is -2.18. The number of rotatable bonds is 5. The Morgan fingerprint density at radius 2 is 1.65 bits per heavy atom. The number of hydrogen-bond acceptors (Lipinski definition) is 4. The molecule has 4 nitrogen and oxygen atoms in total. The summed E-state index contributed by atoms with van der Waals surface area (Å²) in [4.78, 5) is 13.9. The number of aryl methyl sites for hydroxylation is 1. The molecule has 1 atom stereocenters. The summed E-state index contributed by atoms with van der Waals surface area (Å²) < 4.78 is 23.1. The summed E-state index contributed by atoms with van der Waals surface area (Å²) in [6.07, 6.45) is 1.15. The van der Waals surface area contributed by atoms with Gasteiger partial charge in [0.05, 0.1) is 10.9 Å².